The second-order valence-electron chi connectivity index (χ2n) is 6.91. The van der Waals surface area contributed by atoms with E-state index in [1.807, 2.05) is 0 Å². The molecule has 0 spiro atoms. The van der Waals surface area contributed by atoms with Crippen molar-refractivity contribution in [2.75, 3.05) is 0 Å². The van der Waals surface area contributed by atoms with Crippen molar-refractivity contribution in [3.05, 3.63) is 0 Å². The summed E-state index contributed by atoms with van der Waals surface area (Å²) in [6, 6.07) is 0. The first kappa shape index (κ1) is 12.0. The van der Waals surface area contributed by atoms with E-state index < -0.39 is 0 Å². The van der Waals surface area contributed by atoms with Crippen molar-refractivity contribution in [2.45, 2.75) is 64.6 Å². The lowest BCUT2D eigenvalue weighted by Gasteiger charge is -2.64. The maximum absolute atomic E-state index is 6.24. The standard InChI is InChI=1S/C13H24BNO2/c1-5-11(15)14-16-10-7-8-6-9(12(8,2)3)13(10,4)17-14/h8-11H,5-7,15H2,1-4H3/t8-,9-,10+,11?,13-/m0/s1. The van der Waals surface area contributed by atoms with Crippen LogP contribution in [0.1, 0.15) is 47.0 Å². The van der Waals surface area contributed by atoms with Crippen LogP contribution in [0.4, 0.5) is 0 Å². The van der Waals surface area contributed by atoms with Gasteiger partial charge in [-0.25, -0.2) is 0 Å². The van der Waals surface area contributed by atoms with Crippen molar-refractivity contribution in [1.82, 2.24) is 0 Å². The van der Waals surface area contributed by atoms with Crippen LogP contribution in [0, 0.1) is 17.3 Å². The van der Waals surface area contributed by atoms with Gasteiger partial charge in [-0.1, -0.05) is 20.8 Å². The molecule has 2 N–H and O–H groups in total. The highest BCUT2D eigenvalue weighted by atomic mass is 16.7. The number of hydrogen-bond acceptors (Lipinski definition) is 3. The maximum atomic E-state index is 6.24. The van der Waals surface area contributed by atoms with E-state index in [0.29, 0.717) is 11.3 Å². The van der Waals surface area contributed by atoms with Gasteiger partial charge < -0.3 is 15.0 Å². The third-order valence-electron chi connectivity index (χ3n) is 5.79. The Balaban J connectivity index is 1.82. The molecule has 2 bridgehead atoms. The Bertz CT molecular complexity index is 335. The van der Waals surface area contributed by atoms with E-state index in [0.717, 1.165) is 18.8 Å². The first-order chi connectivity index (χ1) is 7.89. The van der Waals surface area contributed by atoms with Crippen LogP contribution >= 0.6 is 0 Å². The quantitative estimate of drug-likeness (QED) is 0.747. The van der Waals surface area contributed by atoms with E-state index in [4.69, 9.17) is 15.0 Å². The van der Waals surface area contributed by atoms with Crippen molar-refractivity contribution in [3.63, 3.8) is 0 Å². The Kier molecular flexibility index (Phi) is 2.46. The molecule has 0 radical (unpaired) electrons. The molecule has 96 valence electrons. The molecule has 4 aliphatic rings. The number of hydrogen-bond donors (Lipinski definition) is 1. The second-order valence-corrected chi connectivity index (χ2v) is 6.91. The topological polar surface area (TPSA) is 44.5 Å². The fraction of sp³-hybridized carbons (Fsp3) is 1.00. The zero-order chi connectivity index (χ0) is 12.4. The molecule has 0 amide bonds. The molecule has 0 aromatic rings. The summed E-state index contributed by atoms with van der Waals surface area (Å²) in [5.41, 5.74) is 6.38. The lowest BCUT2D eigenvalue weighted by Crippen LogP contribution is -2.65. The molecule has 1 aliphatic heterocycles. The van der Waals surface area contributed by atoms with Gasteiger partial charge in [0.05, 0.1) is 11.7 Å². The van der Waals surface area contributed by atoms with Crippen molar-refractivity contribution in [3.8, 4) is 0 Å². The zero-order valence-electron chi connectivity index (χ0n) is 11.4. The maximum Gasteiger partial charge on any atom is 0.475 e. The van der Waals surface area contributed by atoms with Crippen LogP contribution in [0.5, 0.6) is 0 Å². The van der Waals surface area contributed by atoms with E-state index >= 15 is 0 Å². The summed E-state index contributed by atoms with van der Waals surface area (Å²) < 4.78 is 12.3. The van der Waals surface area contributed by atoms with E-state index in [1.54, 1.807) is 0 Å². The molecule has 1 heterocycles. The van der Waals surface area contributed by atoms with Crippen molar-refractivity contribution >= 4 is 7.12 Å². The Morgan fingerprint density at radius 2 is 2.06 bits per heavy atom. The highest BCUT2D eigenvalue weighted by Crippen LogP contribution is 2.65. The molecule has 1 unspecified atom stereocenters. The monoisotopic (exact) mass is 237 g/mol. The molecule has 5 atom stereocenters. The highest BCUT2D eigenvalue weighted by molar-refractivity contribution is 6.47. The van der Waals surface area contributed by atoms with Crippen LogP contribution in [-0.2, 0) is 9.31 Å². The minimum Gasteiger partial charge on any atom is -0.404 e. The second kappa shape index (κ2) is 3.49. The van der Waals surface area contributed by atoms with Gasteiger partial charge in [-0.2, -0.15) is 0 Å². The van der Waals surface area contributed by atoms with Gasteiger partial charge in [0, 0.05) is 5.94 Å². The van der Waals surface area contributed by atoms with Crippen molar-refractivity contribution in [2.24, 2.45) is 23.0 Å². The van der Waals surface area contributed by atoms with E-state index in [-0.39, 0.29) is 24.8 Å². The van der Waals surface area contributed by atoms with Crippen LogP contribution in [-0.4, -0.2) is 24.8 Å². The number of rotatable bonds is 2. The Hall–Kier alpha value is -0.0551. The molecule has 0 aromatic carbocycles. The van der Waals surface area contributed by atoms with Crippen molar-refractivity contribution in [1.29, 1.82) is 0 Å². The average molecular weight is 237 g/mol. The lowest BCUT2D eigenvalue weighted by molar-refractivity contribution is -0.199. The molecule has 17 heavy (non-hydrogen) atoms. The third kappa shape index (κ3) is 1.41. The molecule has 4 fully saturated rings. The largest absolute Gasteiger partial charge is 0.475 e. The summed E-state index contributed by atoms with van der Waals surface area (Å²) in [5.74, 6) is 1.45. The Labute approximate surface area is 105 Å². The van der Waals surface area contributed by atoms with Gasteiger partial charge in [-0.15, -0.1) is 0 Å². The van der Waals surface area contributed by atoms with Crippen LogP contribution < -0.4 is 5.73 Å². The summed E-state index contributed by atoms with van der Waals surface area (Å²) in [4.78, 5) is 0. The summed E-state index contributed by atoms with van der Waals surface area (Å²) >= 11 is 0. The van der Waals surface area contributed by atoms with Gasteiger partial charge in [-0.05, 0) is 43.4 Å². The summed E-state index contributed by atoms with van der Waals surface area (Å²) in [6.45, 7) is 9.08. The van der Waals surface area contributed by atoms with Crippen LogP contribution in [0.15, 0.2) is 0 Å². The molecular weight excluding hydrogens is 213 g/mol. The molecule has 3 aliphatic carbocycles. The summed E-state index contributed by atoms with van der Waals surface area (Å²) in [6.07, 6.45) is 3.62. The molecular formula is C13H24BNO2. The molecule has 1 saturated heterocycles. The third-order valence-corrected chi connectivity index (χ3v) is 5.79. The first-order valence-electron chi connectivity index (χ1n) is 6.98. The van der Waals surface area contributed by atoms with Crippen molar-refractivity contribution < 1.29 is 9.31 Å². The van der Waals surface area contributed by atoms with Gasteiger partial charge in [0.2, 0.25) is 0 Å². The molecule has 0 aromatic heterocycles. The fourth-order valence-corrected chi connectivity index (χ4v) is 4.27. The smallest absolute Gasteiger partial charge is 0.404 e. The number of nitrogens with two attached hydrogens (primary N) is 1. The van der Waals surface area contributed by atoms with Gasteiger partial charge in [-0.3, -0.25) is 0 Å². The SMILES string of the molecule is CCC(N)B1O[C@@H]2C[C@@H]3C[C@@H](C3(C)C)[C@]2(C)O1. The van der Waals surface area contributed by atoms with Gasteiger partial charge in [0.15, 0.2) is 0 Å². The minimum absolute atomic E-state index is 0.0118. The first-order valence-corrected chi connectivity index (χ1v) is 6.98. The van der Waals surface area contributed by atoms with Crippen LogP contribution in [0.2, 0.25) is 0 Å². The van der Waals surface area contributed by atoms with Crippen LogP contribution in [0.25, 0.3) is 0 Å². The zero-order valence-corrected chi connectivity index (χ0v) is 11.4. The van der Waals surface area contributed by atoms with Gasteiger partial charge in [0.1, 0.15) is 0 Å². The summed E-state index contributed by atoms with van der Waals surface area (Å²) in [5, 5.41) is 0. The molecule has 4 rings (SSSR count). The Morgan fingerprint density at radius 3 is 2.65 bits per heavy atom. The van der Waals surface area contributed by atoms with Crippen LogP contribution in [0.3, 0.4) is 0 Å². The van der Waals surface area contributed by atoms with Gasteiger partial charge in [0.25, 0.3) is 0 Å². The molecule has 3 nitrogen and oxygen atoms in total. The predicted molar refractivity (Wildman–Crippen MR) is 68.4 cm³/mol. The normalized spacial score (nSPS) is 48.5. The van der Waals surface area contributed by atoms with Gasteiger partial charge >= 0.3 is 7.12 Å². The molecule has 3 saturated carbocycles. The summed E-state index contributed by atoms with van der Waals surface area (Å²) in [7, 11) is -0.190. The Morgan fingerprint density at radius 1 is 1.35 bits per heavy atom. The minimum atomic E-state index is -0.190. The average Bonchev–Trinajstić information content (AvgIpc) is 2.64. The van der Waals surface area contributed by atoms with E-state index in [1.165, 1.54) is 6.42 Å². The predicted octanol–water partition coefficient (Wildman–Crippen LogP) is 1.99. The van der Waals surface area contributed by atoms with E-state index in [9.17, 15) is 0 Å². The fourth-order valence-electron chi connectivity index (χ4n) is 4.27. The molecule has 4 heteroatoms. The lowest BCUT2D eigenvalue weighted by atomic mass is 9.43. The highest BCUT2D eigenvalue weighted by Gasteiger charge is 2.68. The van der Waals surface area contributed by atoms with E-state index in [2.05, 4.69) is 27.7 Å².